The highest BCUT2D eigenvalue weighted by atomic mass is 19.2. The lowest BCUT2D eigenvalue weighted by molar-refractivity contribution is 0.0535. The first-order valence-corrected chi connectivity index (χ1v) is 10.5. The maximum atomic E-state index is 13.5. The molecule has 1 saturated heterocycles. The van der Waals surface area contributed by atoms with Crippen LogP contribution >= 0.6 is 0 Å². The summed E-state index contributed by atoms with van der Waals surface area (Å²) in [7, 11) is 0. The highest BCUT2D eigenvalue weighted by Gasteiger charge is 2.26. The summed E-state index contributed by atoms with van der Waals surface area (Å²) in [6, 6.07) is 17.9. The van der Waals surface area contributed by atoms with Gasteiger partial charge >= 0.3 is 0 Å². The summed E-state index contributed by atoms with van der Waals surface area (Å²) in [5.41, 5.74) is 2.12. The van der Waals surface area contributed by atoms with Crippen LogP contribution in [0.2, 0.25) is 0 Å². The Bertz CT molecular complexity index is 1350. The zero-order chi connectivity index (χ0) is 22.9. The number of fused-ring (bicyclic) bond motifs is 1. The Morgan fingerprint density at radius 3 is 2.00 bits per heavy atom. The SMILES string of the molecule is O=C(c1ccc(F)c(F)c1)N1CCN(C(=O)c2ccc3noc(-c4ccccc4)c3c2)CC1. The topological polar surface area (TPSA) is 66.7 Å². The van der Waals surface area contributed by atoms with Gasteiger partial charge in [0.15, 0.2) is 17.4 Å². The average molecular weight is 447 g/mol. The average Bonchev–Trinajstić information content (AvgIpc) is 3.29. The number of hydrogen-bond acceptors (Lipinski definition) is 4. The van der Waals surface area contributed by atoms with Gasteiger partial charge in [-0.3, -0.25) is 9.59 Å². The third-order valence-corrected chi connectivity index (χ3v) is 5.78. The van der Waals surface area contributed by atoms with E-state index >= 15 is 0 Å². The molecular formula is C25H19F2N3O3. The summed E-state index contributed by atoms with van der Waals surface area (Å²) >= 11 is 0. The molecule has 1 aromatic heterocycles. The molecule has 2 heterocycles. The van der Waals surface area contributed by atoms with E-state index in [9.17, 15) is 18.4 Å². The molecule has 6 nitrogen and oxygen atoms in total. The minimum atomic E-state index is -1.06. The van der Waals surface area contributed by atoms with Gasteiger partial charge in [0.25, 0.3) is 11.8 Å². The van der Waals surface area contributed by atoms with Gasteiger partial charge in [0, 0.05) is 42.9 Å². The second-order valence-corrected chi connectivity index (χ2v) is 7.82. The summed E-state index contributed by atoms with van der Waals surface area (Å²) in [6.07, 6.45) is 0. The van der Waals surface area contributed by atoms with E-state index in [0.29, 0.717) is 43.0 Å². The molecule has 166 valence electrons. The van der Waals surface area contributed by atoms with E-state index in [2.05, 4.69) is 5.16 Å². The van der Waals surface area contributed by atoms with Crippen molar-refractivity contribution in [2.24, 2.45) is 0 Å². The minimum absolute atomic E-state index is 0.0834. The molecule has 5 rings (SSSR count). The molecule has 0 aliphatic carbocycles. The first-order chi connectivity index (χ1) is 16.0. The zero-order valence-corrected chi connectivity index (χ0v) is 17.5. The van der Waals surface area contributed by atoms with Crippen LogP contribution in [0.5, 0.6) is 0 Å². The van der Waals surface area contributed by atoms with Crippen molar-refractivity contribution < 1.29 is 22.9 Å². The zero-order valence-electron chi connectivity index (χ0n) is 17.5. The van der Waals surface area contributed by atoms with E-state index in [1.807, 2.05) is 30.3 Å². The van der Waals surface area contributed by atoms with Crippen molar-refractivity contribution in [3.63, 3.8) is 0 Å². The number of amides is 2. The van der Waals surface area contributed by atoms with Gasteiger partial charge in [-0.05, 0) is 36.4 Å². The van der Waals surface area contributed by atoms with Crippen molar-refractivity contribution in [1.82, 2.24) is 15.0 Å². The third kappa shape index (κ3) is 3.95. The molecule has 0 saturated carbocycles. The van der Waals surface area contributed by atoms with Gasteiger partial charge in [-0.15, -0.1) is 0 Å². The fourth-order valence-corrected chi connectivity index (χ4v) is 3.98. The number of aromatic nitrogens is 1. The Labute approximate surface area is 188 Å². The first-order valence-electron chi connectivity index (χ1n) is 10.5. The fraction of sp³-hybridized carbons (Fsp3) is 0.160. The minimum Gasteiger partial charge on any atom is -0.355 e. The van der Waals surface area contributed by atoms with Gasteiger partial charge in [-0.2, -0.15) is 0 Å². The standard InChI is InChI=1S/C25H19F2N3O3/c26-20-8-6-18(15-21(20)27)25(32)30-12-10-29(11-13-30)24(31)17-7-9-22-19(14-17)23(33-28-22)16-4-2-1-3-5-16/h1-9,14-15H,10-13H2. The first kappa shape index (κ1) is 20.8. The molecule has 33 heavy (non-hydrogen) atoms. The molecule has 1 fully saturated rings. The molecule has 3 aromatic carbocycles. The summed E-state index contributed by atoms with van der Waals surface area (Å²) in [5.74, 6) is -2.01. The lowest BCUT2D eigenvalue weighted by Gasteiger charge is -2.35. The van der Waals surface area contributed by atoms with Crippen LogP contribution in [0.1, 0.15) is 20.7 Å². The van der Waals surface area contributed by atoms with Crippen LogP contribution in [0, 0.1) is 11.6 Å². The van der Waals surface area contributed by atoms with Gasteiger partial charge in [0.05, 0.1) is 5.39 Å². The summed E-state index contributed by atoms with van der Waals surface area (Å²) < 4.78 is 32.1. The van der Waals surface area contributed by atoms with Gasteiger partial charge in [0.1, 0.15) is 5.52 Å². The highest BCUT2D eigenvalue weighted by molar-refractivity contribution is 6.01. The maximum Gasteiger partial charge on any atom is 0.254 e. The van der Waals surface area contributed by atoms with Gasteiger partial charge < -0.3 is 14.3 Å². The fourth-order valence-electron chi connectivity index (χ4n) is 3.98. The maximum absolute atomic E-state index is 13.5. The highest BCUT2D eigenvalue weighted by Crippen LogP contribution is 2.29. The predicted molar refractivity (Wildman–Crippen MR) is 118 cm³/mol. The molecule has 1 aliphatic heterocycles. The number of hydrogen-bond donors (Lipinski definition) is 0. The largest absolute Gasteiger partial charge is 0.355 e. The van der Waals surface area contributed by atoms with Gasteiger partial charge in [-0.25, -0.2) is 8.78 Å². The molecule has 0 N–H and O–H groups in total. The van der Waals surface area contributed by atoms with Crippen LogP contribution in [0.3, 0.4) is 0 Å². The van der Waals surface area contributed by atoms with Crippen LogP contribution in [-0.2, 0) is 0 Å². The number of carbonyl (C=O) groups is 2. The number of nitrogens with zero attached hydrogens (tertiary/aromatic N) is 3. The quantitative estimate of drug-likeness (QED) is 0.468. The molecule has 1 aliphatic rings. The van der Waals surface area contributed by atoms with E-state index in [1.54, 1.807) is 23.1 Å². The van der Waals surface area contributed by atoms with E-state index in [1.165, 1.54) is 11.0 Å². The van der Waals surface area contributed by atoms with E-state index < -0.39 is 11.6 Å². The Hall–Kier alpha value is -4.07. The van der Waals surface area contributed by atoms with E-state index in [4.69, 9.17) is 4.52 Å². The number of piperazine rings is 1. The van der Waals surface area contributed by atoms with Crippen LogP contribution < -0.4 is 0 Å². The molecule has 0 radical (unpaired) electrons. The van der Waals surface area contributed by atoms with Crippen molar-refractivity contribution in [2.45, 2.75) is 0 Å². The molecule has 2 amide bonds. The van der Waals surface area contributed by atoms with Crippen LogP contribution in [0.4, 0.5) is 8.78 Å². The summed E-state index contributed by atoms with van der Waals surface area (Å²) in [5, 5.41) is 4.83. The molecule has 0 spiro atoms. The number of benzene rings is 3. The predicted octanol–water partition coefficient (Wildman–Crippen LogP) is 4.37. The smallest absolute Gasteiger partial charge is 0.254 e. The third-order valence-electron chi connectivity index (χ3n) is 5.78. The van der Waals surface area contributed by atoms with Crippen LogP contribution in [-0.4, -0.2) is 52.9 Å². The van der Waals surface area contributed by atoms with Crippen LogP contribution in [0.25, 0.3) is 22.2 Å². The molecule has 0 bridgehead atoms. The Morgan fingerprint density at radius 1 is 0.758 bits per heavy atom. The van der Waals surface area contributed by atoms with Crippen LogP contribution in [0.15, 0.2) is 71.3 Å². The van der Waals surface area contributed by atoms with Crippen molar-refractivity contribution >= 4 is 22.7 Å². The number of rotatable bonds is 3. The molecule has 0 atom stereocenters. The van der Waals surface area contributed by atoms with Gasteiger partial charge in [-0.1, -0.05) is 35.5 Å². The summed E-state index contributed by atoms with van der Waals surface area (Å²) in [6.45, 7) is 1.27. The Balaban J connectivity index is 1.31. The van der Waals surface area contributed by atoms with Gasteiger partial charge in [0.2, 0.25) is 0 Å². The molecule has 8 heteroatoms. The van der Waals surface area contributed by atoms with Crippen molar-refractivity contribution in [3.8, 4) is 11.3 Å². The second-order valence-electron chi connectivity index (χ2n) is 7.82. The van der Waals surface area contributed by atoms with Crippen molar-refractivity contribution in [3.05, 3.63) is 89.5 Å². The normalized spacial score (nSPS) is 14.0. The number of carbonyl (C=O) groups excluding carboxylic acids is 2. The summed E-state index contributed by atoms with van der Waals surface area (Å²) in [4.78, 5) is 28.9. The Morgan fingerprint density at radius 2 is 1.36 bits per heavy atom. The number of halogens is 2. The van der Waals surface area contributed by atoms with Crippen molar-refractivity contribution in [2.75, 3.05) is 26.2 Å². The van der Waals surface area contributed by atoms with Crippen molar-refractivity contribution in [1.29, 1.82) is 0 Å². The lowest BCUT2D eigenvalue weighted by Crippen LogP contribution is -2.50. The molecular weight excluding hydrogens is 428 g/mol. The Kier molecular flexibility index (Phi) is 5.34. The van der Waals surface area contributed by atoms with E-state index in [-0.39, 0.29) is 17.4 Å². The second kappa shape index (κ2) is 8.46. The molecule has 4 aromatic rings. The molecule has 0 unspecified atom stereocenters. The van der Waals surface area contributed by atoms with E-state index in [0.717, 1.165) is 23.1 Å². The lowest BCUT2D eigenvalue weighted by atomic mass is 10.1. The monoisotopic (exact) mass is 447 g/mol.